The van der Waals surface area contributed by atoms with Crippen molar-refractivity contribution in [2.75, 3.05) is 11.9 Å². The molecule has 1 unspecified atom stereocenters. The Labute approximate surface area is 116 Å². The van der Waals surface area contributed by atoms with Crippen molar-refractivity contribution in [2.24, 2.45) is 0 Å². The van der Waals surface area contributed by atoms with Gasteiger partial charge >= 0.3 is 0 Å². The van der Waals surface area contributed by atoms with Crippen LogP contribution in [-0.2, 0) is 9.59 Å². The predicted octanol–water partition coefficient (Wildman–Crippen LogP) is 1.02. The molecule has 20 heavy (non-hydrogen) atoms. The van der Waals surface area contributed by atoms with Gasteiger partial charge in [-0.2, -0.15) is 0 Å². The lowest BCUT2D eigenvalue weighted by atomic mass is 10.3. The fourth-order valence-electron chi connectivity index (χ4n) is 1.63. The summed E-state index contributed by atoms with van der Waals surface area (Å²) in [6.07, 6.45) is 2.06. The first-order chi connectivity index (χ1) is 9.54. The maximum absolute atomic E-state index is 12.7. The number of hydrogen-bond acceptors (Lipinski definition) is 3. The third kappa shape index (κ3) is 4.62. The van der Waals surface area contributed by atoms with Gasteiger partial charge < -0.3 is 10.6 Å². The highest BCUT2D eigenvalue weighted by Gasteiger charge is 2.25. The van der Waals surface area contributed by atoms with Crippen LogP contribution in [0.1, 0.15) is 19.8 Å². The minimum absolute atomic E-state index is 0.0244. The van der Waals surface area contributed by atoms with Crippen molar-refractivity contribution in [2.45, 2.75) is 31.8 Å². The molecule has 2 rings (SSSR count). The number of carbonyl (C=O) groups is 2. The zero-order chi connectivity index (χ0) is 14.5. The molecule has 2 amide bonds. The summed E-state index contributed by atoms with van der Waals surface area (Å²) in [5.74, 6) is -0.726. The van der Waals surface area contributed by atoms with Crippen molar-refractivity contribution < 1.29 is 14.0 Å². The molecular weight excluding hydrogens is 261 g/mol. The van der Waals surface area contributed by atoms with Crippen LogP contribution in [0.3, 0.4) is 0 Å². The SMILES string of the molecule is CC(NCC(=O)Nc1ccc(F)cc1)C(=O)NC1CC1. The maximum atomic E-state index is 12.7. The van der Waals surface area contributed by atoms with E-state index in [1.807, 2.05) is 0 Å². The molecule has 1 aromatic rings. The van der Waals surface area contributed by atoms with Crippen LogP contribution in [0.2, 0.25) is 0 Å². The van der Waals surface area contributed by atoms with Gasteiger partial charge in [-0.1, -0.05) is 0 Å². The topological polar surface area (TPSA) is 70.2 Å². The minimum Gasteiger partial charge on any atom is -0.352 e. The summed E-state index contributed by atoms with van der Waals surface area (Å²) in [6, 6.07) is 5.39. The van der Waals surface area contributed by atoms with Crippen molar-refractivity contribution in [3.8, 4) is 0 Å². The van der Waals surface area contributed by atoms with Crippen LogP contribution in [0.4, 0.5) is 10.1 Å². The number of benzene rings is 1. The molecule has 1 fully saturated rings. The molecule has 5 nitrogen and oxygen atoms in total. The van der Waals surface area contributed by atoms with E-state index < -0.39 is 6.04 Å². The quantitative estimate of drug-likeness (QED) is 0.728. The molecule has 0 aliphatic heterocycles. The van der Waals surface area contributed by atoms with Gasteiger partial charge in [-0.25, -0.2) is 4.39 Å². The lowest BCUT2D eigenvalue weighted by molar-refractivity contribution is -0.123. The lowest BCUT2D eigenvalue weighted by Crippen LogP contribution is -2.45. The van der Waals surface area contributed by atoms with Gasteiger partial charge in [-0.05, 0) is 44.0 Å². The van der Waals surface area contributed by atoms with E-state index in [-0.39, 0.29) is 24.2 Å². The van der Waals surface area contributed by atoms with Crippen molar-refractivity contribution >= 4 is 17.5 Å². The molecule has 0 spiro atoms. The minimum atomic E-state index is -0.422. The second-order valence-electron chi connectivity index (χ2n) is 4.94. The normalized spacial score (nSPS) is 15.5. The smallest absolute Gasteiger partial charge is 0.238 e. The van der Waals surface area contributed by atoms with Gasteiger partial charge in [-0.15, -0.1) is 0 Å². The highest BCUT2D eigenvalue weighted by Crippen LogP contribution is 2.18. The number of carbonyl (C=O) groups excluding carboxylic acids is 2. The predicted molar refractivity (Wildman–Crippen MR) is 73.7 cm³/mol. The fourth-order valence-corrected chi connectivity index (χ4v) is 1.63. The Morgan fingerprint density at radius 1 is 1.30 bits per heavy atom. The average molecular weight is 279 g/mol. The zero-order valence-corrected chi connectivity index (χ0v) is 11.3. The van der Waals surface area contributed by atoms with E-state index >= 15 is 0 Å². The molecule has 108 valence electrons. The van der Waals surface area contributed by atoms with Gasteiger partial charge in [0.2, 0.25) is 11.8 Å². The molecule has 0 bridgehead atoms. The van der Waals surface area contributed by atoms with Gasteiger partial charge in [-0.3, -0.25) is 14.9 Å². The molecule has 1 aromatic carbocycles. The van der Waals surface area contributed by atoms with E-state index in [4.69, 9.17) is 0 Å². The second kappa shape index (κ2) is 6.47. The van der Waals surface area contributed by atoms with Crippen LogP contribution < -0.4 is 16.0 Å². The van der Waals surface area contributed by atoms with Gasteiger partial charge in [0.25, 0.3) is 0 Å². The Hall–Kier alpha value is -1.95. The average Bonchev–Trinajstić information content (AvgIpc) is 3.22. The van der Waals surface area contributed by atoms with Gasteiger partial charge in [0, 0.05) is 11.7 Å². The number of halogens is 1. The zero-order valence-electron chi connectivity index (χ0n) is 11.3. The Kier molecular flexibility index (Phi) is 4.68. The van der Waals surface area contributed by atoms with E-state index in [9.17, 15) is 14.0 Å². The van der Waals surface area contributed by atoms with Crippen molar-refractivity contribution in [1.82, 2.24) is 10.6 Å². The second-order valence-corrected chi connectivity index (χ2v) is 4.94. The standard InChI is InChI=1S/C14H18FN3O2/c1-9(14(20)18-12-6-7-12)16-8-13(19)17-11-4-2-10(15)3-5-11/h2-5,9,12,16H,6-8H2,1H3,(H,17,19)(H,18,20). The molecular formula is C14H18FN3O2. The summed E-state index contributed by atoms with van der Waals surface area (Å²) in [7, 11) is 0. The Morgan fingerprint density at radius 2 is 1.95 bits per heavy atom. The number of anilines is 1. The largest absolute Gasteiger partial charge is 0.352 e. The third-order valence-electron chi connectivity index (χ3n) is 3.01. The molecule has 1 aliphatic carbocycles. The maximum Gasteiger partial charge on any atom is 0.238 e. The molecule has 6 heteroatoms. The molecule has 0 saturated heterocycles. The number of hydrogen-bond donors (Lipinski definition) is 3. The highest BCUT2D eigenvalue weighted by atomic mass is 19.1. The van der Waals surface area contributed by atoms with E-state index in [0.29, 0.717) is 11.7 Å². The summed E-state index contributed by atoms with van der Waals surface area (Å²) in [5.41, 5.74) is 0.522. The van der Waals surface area contributed by atoms with Gasteiger partial charge in [0.05, 0.1) is 12.6 Å². The third-order valence-corrected chi connectivity index (χ3v) is 3.01. The van der Waals surface area contributed by atoms with Crippen LogP contribution in [0.5, 0.6) is 0 Å². The van der Waals surface area contributed by atoms with Crippen LogP contribution >= 0.6 is 0 Å². The van der Waals surface area contributed by atoms with E-state index in [0.717, 1.165) is 12.8 Å². The fraction of sp³-hybridized carbons (Fsp3) is 0.429. The summed E-state index contributed by atoms with van der Waals surface area (Å²) in [6.45, 7) is 1.74. The Bertz CT molecular complexity index is 486. The lowest BCUT2D eigenvalue weighted by Gasteiger charge is -2.13. The summed E-state index contributed by atoms with van der Waals surface area (Å²) in [5, 5.41) is 8.32. The molecule has 0 aromatic heterocycles. The summed E-state index contributed by atoms with van der Waals surface area (Å²) < 4.78 is 12.7. The van der Waals surface area contributed by atoms with Gasteiger partial charge in [0.15, 0.2) is 0 Å². The molecule has 3 N–H and O–H groups in total. The summed E-state index contributed by atoms with van der Waals surface area (Å²) in [4.78, 5) is 23.3. The Balaban J connectivity index is 1.71. The summed E-state index contributed by atoms with van der Waals surface area (Å²) >= 11 is 0. The first-order valence-corrected chi connectivity index (χ1v) is 6.64. The Morgan fingerprint density at radius 3 is 2.55 bits per heavy atom. The molecule has 1 aliphatic rings. The van der Waals surface area contributed by atoms with Crippen LogP contribution in [0, 0.1) is 5.82 Å². The van der Waals surface area contributed by atoms with Crippen LogP contribution in [-0.4, -0.2) is 30.4 Å². The first-order valence-electron chi connectivity index (χ1n) is 6.64. The van der Waals surface area contributed by atoms with Crippen LogP contribution in [0.25, 0.3) is 0 Å². The van der Waals surface area contributed by atoms with E-state index in [1.165, 1.54) is 24.3 Å². The molecule has 0 radical (unpaired) electrons. The molecule has 1 saturated carbocycles. The number of amides is 2. The highest BCUT2D eigenvalue weighted by molar-refractivity contribution is 5.92. The number of nitrogens with one attached hydrogen (secondary N) is 3. The van der Waals surface area contributed by atoms with Crippen molar-refractivity contribution in [1.29, 1.82) is 0 Å². The van der Waals surface area contributed by atoms with Gasteiger partial charge in [0.1, 0.15) is 5.82 Å². The first kappa shape index (κ1) is 14.5. The monoisotopic (exact) mass is 279 g/mol. The van der Waals surface area contributed by atoms with Crippen LogP contribution in [0.15, 0.2) is 24.3 Å². The molecule has 0 heterocycles. The van der Waals surface area contributed by atoms with Crippen molar-refractivity contribution in [3.05, 3.63) is 30.1 Å². The molecule has 1 atom stereocenters. The van der Waals surface area contributed by atoms with E-state index in [1.54, 1.807) is 6.92 Å². The van der Waals surface area contributed by atoms with E-state index in [2.05, 4.69) is 16.0 Å². The van der Waals surface area contributed by atoms with Crippen molar-refractivity contribution in [3.63, 3.8) is 0 Å². The number of rotatable bonds is 6.